The predicted octanol–water partition coefficient (Wildman–Crippen LogP) is 1.87. The monoisotopic (exact) mass is 282 g/mol. The summed E-state index contributed by atoms with van der Waals surface area (Å²) in [4.78, 5) is 11.5. The van der Waals surface area contributed by atoms with Crippen LogP contribution in [0.25, 0.3) is 0 Å². The molecule has 0 aromatic heterocycles. The summed E-state index contributed by atoms with van der Waals surface area (Å²) < 4.78 is 10.7. The Kier molecular flexibility index (Phi) is 6.48. The van der Waals surface area contributed by atoms with Gasteiger partial charge in [-0.25, -0.2) is 4.79 Å². The molecule has 1 atom stereocenters. The summed E-state index contributed by atoms with van der Waals surface area (Å²) in [5.74, 6) is -0.293. The van der Waals surface area contributed by atoms with Crippen LogP contribution in [0.1, 0.15) is 25.8 Å². The Labute approximate surface area is 119 Å². The number of aliphatic hydroxyl groups excluding tert-OH is 1. The third kappa shape index (κ3) is 4.21. The van der Waals surface area contributed by atoms with Gasteiger partial charge in [-0.15, -0.1) is 0 Å². The molecule has 0 spiro atoms. The Hall–Kier alpha value is -1.59. The fraction of sp³-hybridized carbons (Fsp3) is 0.533. The standard InChI is InChI=1S/C15H22O5/c1-3-15(14(17)18,20-4-2)11-12-5-7-13(8-6-12)19-10-9-16/h5-8,16H,3-4,9-11H2,1-2H3,(H,17,18)/t15-/m0/s1. The van der Waals surface area contributed by atoms with Crippen molar-refractivity contribution >= 4 is 5.97 Å². The SMILES string of the molecule is CCO[C@@](CC)(Cc1ccc(OCCO)cc1)C(=O)O. The Morgan fingerprint density at radius 3 is 2.35 bits per heavy atom. The number of carboxylic acids is 1. The number of rotatable bonds is 9. The number of carboxylic acid groups (broad SMARTS) is 1. The van der Waals surface area contributed by atoms with Crippen LogP contribution < -0.4 is 4.74 Å². The van der Waals surface area contributed by atoms with Crippen molar-refractivity contribution in [3.05, 3.63) is 29.8 Å². The Morgan fingerprint density at radius 2 is 1.90 bits per heavy atom. The molecule has 5 nitrogen and oxygen atoms in total. The summed E-state index contributed by atoms with van der Waals surface area (Å²) in [5, 5.41) is 18.1. The van der Waals surface area contributed by atoms with Crippen LogP contribution in [0.3, 0.4) is 0 Å². The molecule has 0 aliphatic carbocycles. The zero-order valence-corrected chi connectivity index (χ0v) is 12.0. The van der Waals surface area contributed by atoms with Gasteiger partial charge < -0.3 is 19.7 Å². The van der Waals surface area contributed by atoms with Gasteiger partial charge in [0.1, 0.15) is 12.4 Å². The smallest absolute Gasteiger partial charge is 0.336 e. The molecule has 5 heteroatoms. The third-order valence-electron chi connectivity index (χ3n) is 3.15. The maximum absolute atomic E-state index is 11.5. The van der Waals surface area contributed by atoms with Gasteiger partial charge in [-0.05, 0) is 31.0 Å². The molecular weight excluding hydrogens is 260 g/mol. The molecule has 0 aliphatic heterocycles. The fourth-order valence-electron chi connectivity index (χ4n) is 2.04. The third-order valence-corrected chi connectivity index (χ3v) is 3.15. The van der Waals surface area contributed by atoms with E-state index in [-0.39, 0.29) is 13.2 Å². The Bertz CT molecular complexity index is 415. The number of carbonyl (C=O) groups is 1. The molecule has 112 valence electrons. The van der Waals surface area contributed by atoms with Gasteiger partial charge in [0, 0.05) is 13.0 Å². The van der Waals surface area contributed by atoms with Crippen LogP contribution in [0.4, 0.5) is 0 Å². The van der Waals surface area contributed by atoms with Gasteiger partial charge in [0.05, 0.1) is 6.61 Å². The van der Waals surface area contributed by atoms with Crippen molar-refractivity contribution in [2.24, 2.45) is 0 Å². The molecule has 1 aromatic carbocycles. The Balaban J connectivity index is 2.81. The van der Waals surface area contributed by atoms with E-state index in [0.717, 1.165) is 5.56 Å². The highest BCUT2D eigenvalue weighted by molar-refractivity contribution is 5.78. The number of benzene rings is 1. The van der Waals surface area contributed by atoms with Crippen molar-refractivity contribution in [1.82, 2.24) is 0 Å². The summed E-state index contributed by atoms with van der Waals surface area (Å²) in [6.07, 6.45) is 0.714. The zero-order chi connectivity index (χ0) is 15.0. The first-order valence-electron chi connectivity index (χ1n) is 6.78. The predicted molar refractivity (Wildman–Crippen MR) is 75.0 cm³/mol. The molecule has 0 saturated carbocycles. The Morgan fingerprint density at radius 1 is 1.25 bits per heavy atom. The van der Waals surface area contributed by atoms with Crippen molar-refractivity contribution in [2.45, 2.75) is 32.3 Å². The van der Waals surface area contributed by atoms with Gasteiger partial charge in [-0.2, -0.15) is 0 Å². The van der Waals surface area contributed by atoms with Gasteiger partial charge >= 0.3 is 5.97 Å². The first-order valence-corrected chi connectivity index (χ1v) is 6.78. The lowest BCUT2D eigenvalue weighted by Gasteiger charge is -2.28. The molecule has 0 heterocycles. The number of ether oxygens (including phenoxy) is 2. The first-order chi connectivity index (χ1) is 9.57. The molecule has 0 amide bonds. The average Bonchev–Trinajstić information content (AvgIpc) is 2.45. The first kappa shape index (κ1) is 16.5. The largest absolute Gasteiger partial charge is 0.491 e. The second kappa shape index (κ2) is 7.87. The molecule has 2 N–H and O–H groups in total. The van der Waals surface area contributed by atoms with E-state index < -0.39 is 11.6 Å². The lowest BCUT2D eigenvalue weighted by atomic mass is 9.91. The molecular formula is C15H22O5. The van der Waals surface area contributed by atoms with E-state index >= 15 is 0 Å². The quantitative estimate of drug-likeness (QED) is 0.723. The number of hydrogen-bond donors (Lipinski definition) is 2. The summed E-state index contributed by atoms with van der Waals surface area (Å²) in [7, 11) is 0. The summed E-state index contributed by atoms with van der Waals surface area (Å²) in [6.45, 7) is 4.16. The van der Waals surface area contributed by atoms with E-state index in [2.05, 4.69) is 0 Å². The second-order valence-corrected chi connectivity index (χ2v) is 4.48. The summed E-state index contributed by atoms with van der Waals surface area (Å²) in [5.41, 5.74) is -0.304. The average molecular weight is 282 g/mol. The van der Waals surface area contributed by atoms with E-state index in [1.165, 1.54) is 0 Å². The molecule has 0 saturated heterocycles. The highest BCUT2D eigenvalue weighted by atomic mass is 16.5. The maximum Gasteiger partial charge on any atom is 0.336 e. The van der Waals surface area contributed by atoms with Gasteiger partial charge in [-0.1, -0.05) is 19.1 Å². The van der Waals surface area contributed by atoms with Crippen LogP contribution in [0.2, 0.25) is 0 Å². The zero-order valence-electron chi connectivity index (χ0n) is 12.0. The van der Waals surface area contributed by atoms with E-state index in [0.29, 0.717) is 25.2 Å². The molecule has 0 bridgehead atoms. The van der Waals surface area contributed by atoms with Gasteiger partial charge in [0.2, 0.25) is 0 Å². The number of hydrogen-bond acceptors (Lipinski definition) is 4. The molecule has 20 heavy (non-hydrogen) atoms. The number of aliphatic carboxylic acids is 1. The fourth-order valence-corrected chi connectivity index (χ4v) is 2.04. The minimum atomic E-state index is -1.18. The van der Waals surface area contributed by atoms with E-state index in [1.807, 2.05) is 19.1 Å². The molecule has 0 unspecified atom stereocenters. The summed E-state index contributed by atoms with van der Waals surface area (Å²) in [6, 6.07) is 7.16. The van der Waals surface area contributed by atoms with Crippen LogP contribution >= 0.6 is 0 Å². The minimum absolute atomic E-state index is 0.0376. The maximum atomic E-state index is 11.5. The molecule has 0 radical (unpaired) electrons. The van der Waals surface area contributed by atoms with Gasteiger partial charge in [0.15, 0.2) is 5.60 Å². The van der Waals surface area contributed by atoms with Crippen LogP contribution in [-0.2, 0) is 16.0 Å². The van der Waals surface area contributed by atoms with Crippen LogP contribution in [0, 0.1) is 0 Å². The molecule has 1 aromatic rings. The minimum Gasteiger partial charge on any atom is -0.491 e. The van der Waals surface area contributed by atoms with E-state index in [4.69, 9.17) is 14.6 Å². The van der Waals surface area contributed by atoms with Gasteiger partial charge in [-0.3, -0.25) is 0 Å². The molecule has 1 rings (SSSR count). The topological polar surface area (TPSA) is 76.0 Å². The molecule has 0 fully saturated rings. The highest BCUT2D eigenvalue weighted by Crippen LogP contribution is 2.24. The molecule has 0 aliphatic rings. The van der Waals surface area contributed by atoms with Crippen molar-refractivity contribution in [2.75, 3.05) is 19.8 Å². The van der Waals surface area contributed by atoms with Crippen molar-refractivity contribution in [3.8, 4) is 5.75 Å². The van der Waals surface area contributed by atoms with Crippen LogP contribution in [0.15, 0.2) is 24.3 Å². The van der Waals surface area contributed by atoms with Crippen molar-refractivity contribution in [1.29, 1.82) is 0 Å². The second-order valence-electron chi connectivity index (χ2n) is 4.48. The van der Waals surface area contributed by atoms with Gasteiger partial charge in [0.25, 0.3) is 0 Å². The lowest BCUT2D eigenvalue weighted by molar-refractivity contribution is -0.166. The highest BCUT2D eigenvalue weighted by Gasteiger charge is 2.37. The number of aliphatic hydroxyl groups is 1. The summed E-state index contributed by atoms with van der Waals surface area (Å²) >= 11 is 0. The lowest BCUT2D eigenvalue weighted by Crippen LogP contribution is -2.43. The van der Waals surface area contributed by atoms with E-state index in [1.54, 1.807) is 19.1 Å². The van der Waals surface area contributed by atoms with E-state index in [9.17, 15) is 9.90 Å². The van der Waals surface area contributed by atoms with Crippen LogP contribution in [0.5, 0.6) is 5.75 Å². The van der Waals surface area contributed by atoms with Crippen molar-refractivity contribution in [3.63, 3.8) is 0 Å². The van der Waals surface area contributed by atoms with Crippen LogP contribution in [-0.4, -0.2) is 41.6 Å². The van der Waals surface area contributed by atoms with Crippen molar-refractivity contribution < 1.29 is 24.5 Å². The normalized spacial score (nSPS) is 13.8.